The fourth-order valence-electron chi connectivity index (χ4n) is 7.14. The molecule has 0 aliphatic carbocycles. The van der Waals surface area contributed by atoms with Gasteiger partial charge in [0.15, 0.2) is 0 Å². The Hall–Kier alpha value is -1.58. The first kappa shape index (κ1) is 48.4. The van der Waals surface area contributed by atoms with Crippen LogP contribution in [0.15, 0.2) is 24.3 Å². The highest BCUT2D eigenvalue weighted by Crippen LogP contribution is 2.19. The lowest BCUT2D eigenvalue weighted by molar-refractivity contribution is -0.119. The maximum atomic E-state index is 10.7. The first-order valence-corrected chi connectivity index (χ1v) is 22.4. The van der Waals surface area contributed by atoms with Crippen LogP contribution in [0.2, 0.25) is 0 Å². The van der Waals surface area contributed by atoms with Crippen LogP contribution in [0.25, 0.3) is 0 Å². The van der Waals surface area contributed by atoms with Gasteiger partial charge in [-0.3, -0.25) is 9.59 Å². The van der Waals surface area contributed by atoms with E-state index in [4.69, 9.17) is 11.5 Å². The maximum Gasteiger partial charge on any atom is 0.217 e. The zero-order chi connectivity index (χ0) is 36.4. The van der Waals surface area contributed by atoms with Crippen molar-refractivity contribution < 1.29 is 9.59 Å². The minimum absolute atomic E-state index is 0.157. The number of rotatable bonds is 42. The molecule has 0 heterocycles. The molecule has 4 N–H and O–H groups in total. The highest BCUT2D eigenvalue weighted by molar-refractivity contribution is 5.73. The van der Waals surface area contributed by atoms with E-state index < -0.39 is 0 Å². The normalized spacial score (nSPS) is 11.9. The summed E-state index contributed by atoms with van der Waals surface area (Å²) in [6, 6.07) is 0. The van der Waals surface area contributed by atoms with Crippen LogP contribution in [0.4, 0.5) is 0 Å². The molecular formula is C46H88N2O2. The second kappa shape index (κ2) is 41.8. The fraction of sp³-hybridized carbons (Fsp3) is 0.870. The minimum Gasteiger partial charge on any atom is -0.370 e. The molecule has 4 heteroatoms. The standard InChI is InChI=1S/C46H88N2O2/c1-44(40-36-32-28-24-20-16-12-8-4-2-6-10-14-18-22-26-30-34-38-42-45(47)49)41-37-33-29-25-21-17-13-9-5-3-7-11-15-19-23-27-31-35-39-43-46(48)50/h4-5,8-9,44H,2-3,6-7,10-43H2,1H3,(H2,47,49)(H2,48,50)/b8-4-,9-5-. The third-order valence-corrected chi connectivity index (χ3v) is 10.6. The van der Waals surface area contributed by atoms with Crippen molar-refractivity contribution in [2.45, 2.75) is 251 Å². The number of primary amides is 2. The number of nitrogens with two attached hydrogens (primary N) is 2. The zero-order valence-electron chi connectivity index (χ0n) is 33.7. The van der Waals surface area contributed by atoms with Gasteiger partial charge < -0.3 is 11.5 Å². The summed E-state index contributed by atoms with van der Waals surface area (Å²) >= 11 is 0. The molecule has 0 bridgehead atoms. The Labute approximate surface area is 313 Å². The largest absolute Gasteiger partial charge is 0.370 e. The lowest BCUT2D eigenvalue weighted by atomic mass is 9.96. The number of amides is 2. The van der Waals surface area contributed by atoms with Crippen molar-refractivity contribution in [3.63, 3.8) is 0 Å². The van der Waals surface area contributed by atoms with Crippen molar-refractivity contribution in [3.8, 4) is 0 Å². The van der Waals surface area contributed by atoms with Gasteiger partial charge >= 0.3 is 0 Å². The van der Waals surface area contributed by atoms with E-state index in [1.165, 1.54) is 205 Å². The highest BCUT2D eigenvalue weighted by atomic mass is 16.1. The van der Waals surface area contributed by atoms with Crippen LogP contribution in [0.1, 0.15) is 251 Å². The summed E-state index contributed by atoms with van der Waals surface area (Å²) in [5, 5.41) is 0. The Morgan fingerprint density at radius 1 is 0.340 bits per heavy atom. The van der Waals surface area contributed by atoms with E-state index in [1.807, 2.05) is 0 Å². The molecule has 0 unspecified atom stereocenters. The molecule has 0 atom stereocenters. The minimum atomic E-state index is -0.157. The zero-order valence-corrected chi connectivity index (χ0v) is 33.7. The van der Waals surface area contributed by atoms with Gasteiger partial charge in [-0.05, 0) is 70.1 Å². The molecule has 0 aromatic rings. The van der Waals surface area contributed by atoms with Crippen LogP contribution in [0.3, 0.4) is 0 Å². The molecule has 0 rings (SSSR count). The molecule has 294 valence electrons. The second-order valence-electron chi connectivity index (χ2n) is 15.8. The van der Waals surface area contributed by atoms with E-state index in [2.05, 4.69) is 31.2 Å². The summed E-state index contributed by atoms with van der Waals surface area (Å²) in [6.45, 7) is 2.48. The van der Waals surface area contributed by atoms with E-state index in [1.54, 1.807) is 0 Å². The van der Waals surface area contributed by atoms with Gasteiger partial charge in [-0.2, -0.15) is 0 Å². The SMILES string of the molecule is CC(CCCCCCCC/C=C\CCCCCCCCCCCC(N)=O)CCCCCCCC/C=C\CCCCCCCCCCCC(N)=O. The number of hydrogen-bond donors (Lipinski definition) is 2. The summed E-state index contributed by atoms with van der Waals surface area (Å²) in [5.41, 5.74) is 10.4. The van der Waals surface area contributed by atoms with E-state index in [9.17, 15) is 9.59 Å². The quantitative estimate of drug-likeness (QED) is 0.0490. The average Bonchev–Trinajstić information content (AvgIpc) is 3.09. The molecule has 0 radical (unpaired) electrons. The molecule has 4 nitrogen and oxygen atoms in total. The molecule has 50 heavy (non-hydrogen) atoms. The van der Waals surface area contributed by atoms with E-state index in [0.717, 1.165) is 31.6 Å². The van der Waals surface area contributed by atoms with Crippen molar-refractivity contribution in [2.24, 2.45) is 17.4 Å². The monoisotopic (exact) mass is 701 g/mol. The topological polar surface area (TPSA) is 86.2 Å². The highest BCUT2D eigenvalue weighted by Gasteiger charge is 2.02. The molecule has 0 saturated heterocycles. The van der Waals surface area contributed by atoms with Crippen LogP contribution in [0, 0.1) is 5.92 Å². The van der Waals surface area contributed by atoms with Crippen molar-refractivity contribution in [1.29, 1.82) is 0 Å². The Kier molecular flexibility index (Phi) is 40.5. The molecule has 0 aromatic heterocycles. The van der Waals surface area contributed by atoms with Gasteiger partial charge in [0.2, 0.25) is 11.8 Å². The Balaban J connectivity index is 3.24. The van der Waals surface area contributed by atoms with Gasteiger partial charge in [0.1, 0.15) is 0 Å². The molecule has 0 saturated carbocycles. The van der Waals surface area contributed by atoms with Crippen LogP contribution >= 0.6 is 0 Å². The van der Waals surface area contributed by atoms with Crippen molar-refractivity contribution in [3.05, 3.63) is 24.3 Å². The van der Waals surface area contributed by atoms with Crippen LogP contribution in [0.5, 0.6) is 0 Å². The predicted molar refractivity (Wildman–Crippen MR) is 221 cm³/mol. The van der Waals surface area contributed by atoms with E-state index in [0.29, 0.717) is 12.8 Å². The Morgan fingerprint density at radius 3 is 0.780 bits per heavy atom. The molecule has 0 fully saturated rings. The number of hydrogen-bond acceptors (Lipinski definition) is 2. The lowest BCUT2D eigenvalue weighted by Gasteiger charge is -2.11. The van der Waals surface area contributed by atoms with Gasteiger partial charge in [-0.25, -0.2) is 0 Å². The predicted octanol–water partition coefficient (Wildman–Crippen LogP) is 14.5. The number of carbonyl (C=O) groups excluding carboxylic acids is 2. The number of allylic oxidation sites excluding steroid dienone is 4. The molecular weight excluding hydrogens is 613 g/mol. The van der Waals surface area contributed by atoms with Gasteiger partial charge in [-0.15, -0.1) is 0 Å². The van der Waals surface area contributed by atoms with E-state index >= 15 is 0 Å². The Morgan fingerprint density at radius 2 is 0.540 bits per heavy atom. The summed E-state index contributed by atoms with van der Waals surface area (Å²) in [5.74, 6) is 0.605. The van der Waals surface area contributed by atoms with Gasteiger partial charge in [0, 0.05) is 12.8 Å². The Bertz CT molecular complexity index is 699. The molecule has 0 spiro atoms. The lowest BCUT2D eigenvalue weighted by Crippen LogP contribution is -2.09. The maximum absolute atomic E-state index is 10.7. The smallest absolute Gasteiger partial charge is 0.217 e. The summed E-state index contributed by atoms with van der Waals surface area (Å²) in [6.07, 6.45) is 58.8. The van der Waals surface area contributed by atoms with Crippen molar-refractivity contribution in [1.82, 2.24) is 0 Å². The van der Waals surface area contributed by atoms with Gasteiger partial charge in [0.25, 0.3) is 0 Å². The van der Waals surface area contributed by atoms with Crippen molar-refractivity contribution >= 4 is 11.8 Å². The van der Waals surface area contributed by atoms with Crippen LogP contribution in [-0.2, 0) is 9.59 Å². The van der Waals surface area contributed by atoms with Gasteiger partial charge in [-0.1, -0.05) is 198 Å². The van der Waals surface area contributed by atoms with Crippen LogP contribution < -0.4 is 11.5 Å². The third-order valence-electron chi connectivity index (χ3n) is 10.6. The average molecular weight is 701 g/mol. The molecule has 0 aliphatic heterocycles. The summed E-state index contributed by atoms with van der Waals surface area (Å²) in [4.78, 5) is 21.4. The fourth-order valence-corrected chi connectivity index (χ4v) is 7.14. The molecule has 0 aromatic carbocycles. The number of unbranched alkanes of at least 4 members (excludes halogenated alkanes) is 30. The van der Waals surface area contributed by atoms with E-state index in [-0.39, 0.29) is 11.8 Å². The van der Waals surface area contributed by atoms with Crippen molar-refractivity contribution in [2.75, 3.05) is 0 Å². The summed E-state index contributed by atoms with van der Waals surface area (Å²) < 4.78 is 0. The first-order valence-electron chi connectivity index (χ1n) is 22.4. The molecule has 2 amide bonds. The van der Waals surface area contributed by atoms with Gasteiger partial charge in [0.05, 0.1) is 0 Å². The van der Waals surface area contributed by atoms with Crippen LogP contribution in [-0.4, -0.2) is 11.8 Å². The molecule has 0 aliphatic rings. The third kappa shape index (κ3) is 44.4. The number of carbonyl (C=O) groups is 2. The summed E-state index contributed by atoms with van der Waals surface area (Å²) in [7, 11) is 0. The second-order valence-corrected chi connectivity index (χ2v) is 15.8. The first-order chi connectivity index (χ1) is 24.5.